The predicted octanol–water partition coefficient (Wildman–Crippen LogP) is 1.07. The summed E-state index contributed by atoms with van der Waals surface area (Å²) in [6.45, 7) is 5.33. The molecule has 0 aliphatic carbocycles. The summed E-state index contributed by atoms with van der Waals surface area (Å²) in [5.74, 6) is -0.145. The van der Waals surface area contributed by atoms with Gasteiger partial charge in [0.2, 0.25) is 11.8 Å². The molecule has 1 aromatic carbocycles. The van der Waals surface area contributed by atoms with E-state index in [4.69, 9.17) is 0 Å². The van der Waals surface area contributed by atoms with Crippen molar-refractivity contribution in [2.45, 2.75) is 26.3 Å². The van der Waals surface area contributed by atoms with Crippen molar-refractivity contribution in [3.05, 3.63) is 29.3 Å². The number of nitrogens with one attached hydrogen (secondary N) is 3. The minimum atomic E-state index is -0.326. The number of benzene rings is 1. The van der Waals surface area contributed by atoms with Gasteiger partial charge in [-0.3, -0.25) is 14.9 Å². The highest BCUT2D eigenvalue weighted by molar-refractivity contribution is 7.18. The van der Waals surface area contributed by atoms with Crippen molar-refractivity contribution in [1.82, 2.24) is 20.9 Å². The number of aromatic nitrogens is 1. The van der Waals surface area contributed by atoms with Crippen molar-refractivity contribution in [3.63, 3.8) is 0 Å². The van der Waals surface area contributed by atoms with Crippen LogP contribution in [0.4, 0.5) is 0 Å². The Morgan fingerprint density at radius 3 is 2.92 bits per heavy atom. The quantitative estimate of drug-likeness (QED) is 0.731. The summed E-state index contributed by atoms with van der Waals surface area (Å²) >= 11 is 1.65. The fourth-order valence-electron chi connectivity index (χ4n) is 2.84. The highest BCUT2D eigenvalue weighted by atomic mass is 32.1. The largest absolute Gasteiger partial charge is 0.355 e. The smallest absolute Gasteiger partial charge is 0.237 e. The molecule has 0 spiro atoms. The number of para-hydroxylation sites is 1. The lowest BCUT2D eigenvalue weighted by atomic mass is 9.87. The topological polar surface area (TPSA) is 83.1 Å². The second-order valence-electron chi connectivity index (χ2n) is 6.70. The van der Waals surface area contributed by atoms with E-state index >= 15 is 0 Å². The summed E-state index contributed by atoms with van der Waals surface area (Å²) in [5, 5.41) is 9.77. The van der Waals surface area contributed by atoms with Gasteiger partial charge in [-0.15, -0.1) is 11.3 Å². The SMILES string of the molecule is CC1(C)CNC(=O)C1NCC(=O)NCCc1nc2ccccc2s1. The van der Waals surface area contributed by atoms with Crippen LogP contribution in [0.3, 0.4) is 0 Å². The standard InChI is InChI=1S/C17H22N4O2S/c1-17(2)10-20-16(23)15(17)19-9-13(22)18-8-7-14-21-11-5-3-4-6-12(11)24-14/h3-6,15,19H,7-10H2,1-2H3,(H,18,22)(H,20,23). The highest BCUT2D eigenvalue weighted by Crippen LogP contribution is 2.24. The summed E-state index contributed by atoms with van der Waals surface area (Å²) in [5.41, 5.74) is 0.818. The summed E-state index contributed by atoms with van der Waals surface area (Å²) in [4.78, 5) is 28.3. The van der Waals surface area contributed by atoms with Crippen molar-refractivity contribution >= 4 is 33.4 Å². The first-order chi connectivity index (χ1) is 11.5. The van der Waals surface area contributed by atoms with Crippen molar-refractivity contribution in [2.24, 2.45) is 5.41 Å². The Morgan fingerprint density at radius 1 is 1.42 bits per heavy atom. The summed E-state index contributed by atoms with van der Waals surface area (Å²) in [7, 11) is 0. The molecule has 3 rings (SSSR count). The molecule has 6 nitrogen and oxygen atoms in total. The van der Waals surface area contributed by atoms with Crippen LogP contribution in [-0.4, -0.2) is 42.5 Å². The molecule has 1 fully saturated rings. The second kappa shape index (κ2) is 6.86. The number of fused-ring (bicyclic) bond motifs is 1. The van der Waals surface area contributed by atoms with Gasteiger partial charge in [0.25, 0.3) is 0 Å². The molecule has 1 unspecified atom stereocenters. The van der Waals surface area contributed by atoms with Crippen LogP contribution in [-0.2, 0) is 16.0 Å². The van der Waals surface area contributed by atoms with Gasteiger partial charge in [-0.05, 0) is 12.1 Å². The van der Waals surface area contributed by atoms with Crippen molar-refractivity contribution in [3.8, 4) is 0 Å². The molecule has 2 aromatic rings. The van der Waals surface area contributed by atoms with Gasteiger partial charge in [-0.2, -0.15) is 0 Å². The van der Waals surface area contributed by atoms with Crippen molar-refractivity contribution < 1.29 is 9.59 Å². The predicted molar refractivity (Wildman–Crippen MR) is 94.9 cm³/mol. The van der Waals surface area contributed by atoms with Gasteiger partial charge in [0.1, 0.15) is 0 Å². The Kier molecular flexibility index (Phi) is 4.82. The number of rotatable bonds is 6. The maximum atomic E-state index is 12.0. The molecule has 128 valence electrons. The van der Waals surface area contributed by atoms with E-state index in [1.165, 1.54) is 0 Å². The minimum Gasteiger partial charge on any atom is -0.355 e. The normalized spacial score (nSPS) is 19.4. The number of hydrogen-bond donors (Lipinski definition) is 3. The monoisotopic (exact) mass is 346 g/mol. The zero-order valence-electron chi connectivity index (χ0n) is 13.9. The van der Waals surface area contributed by atoms with Crippen LogP contribution in [0.5, 0.6) is 0 Å². The zero-order chi connectivity index (χ0) is 17.2. The first-order valence-electron chi connectivity index (χ1n) is 8.08. The third kappa shape index (κ3) is 3.73. The maximum Gasteiger partial charge on any atom is 0.237 e. The molecular weight excluding hydrogens is 324 g/mol. The van der Waals surface area contributed by atoms with Crippen LogP contribution >= 0.6 is 11.3 Å². The van der Waals surface area contributed by atoms with Crippen LogP contribution in [0.25, 0.3) is 10.2 Å². The van der Waals surface area contributed by atoms with Gasteiger partial charge in [-0.25, -0.2) is 4.98 Å². The molecule has 1 saturated heterocycles. The first-order valence-corrected chi connectivity index (χ1v) is 8.89. The van der Waals surface area contributed by atoms with Gasteiger partial charge in [0.05, 0.1) is 27.8 Å². The number of thiazole rings is 1. The highest BCUT2D eigenvalue weighted by Gasteiger charge is 2.40. The van der Waals surface area contributed by atoms with E-state index in [2.05, 4.69) is 20.9 Å². The molecule has 0 radical (unpaired) electrons. The van der Waals surface area contributed by atoms with E-state index in [1.807, 2.05) is 38.1 Å². The van der Waals surface area contributed by atoms with E-state index in [0.717, 1.165) is 15.2 Å². The van der Waals surface area contributed by atoms with Gasteiger partial charge in [0, 0.05) is 24.9 Å². The van der Waals surface area contributed by atoms with Gasteiger partial charge in [-0.1, -0.05) is 26.0 Å². The lowest BCUT2D eigenvalue weighted by Crippen LogP contribution is -2.48. The van der Waals surface area contributed by atoms with Gasteiger partial charge < -0.3 is 10.6 Å². The molecule has 2 amide bonds. The van der Waals surface area contributed by atoms with E-state index in [0.29, 0.717) is 19.5 Å². The molecule has 1 aliphatic heterocycles. The Balaban J connectivity index is 1.43. The fraction of sp³-hybridized carbons (Fsp3) is 0.471. The second-order valence-corrected chi connectivity index (χ2v) is 7.81. The molecule has 1 atom stereocenters. The van der Waals surface area contributed by atoms with Gasteiger partial charge >= 0.3 is 0 Å². The average Bonchev–Trinajstić information content (AvgIpc) is 3.06. The molecule has 0 bridgehead atoms. The first kappa shape index (κ1) is 16.9. The summed E-state index contributed by atoms with van der Waals surface area (Å²) < 4.78 is 1.16. The van der Waals surface area contributed by atoms with Crippen molar-refractivity contribution in [2.75, 3.05) is 19.6 Å². The molecule has 24 heavy (non-hydrogen) atoms. The number of carbonyl (C=O) groups excluding carboxylic acids is 2. The third-order valence-electron chi connectivity index (χ3n) is 4.23. The number of amides is 2. The molecule has 1 aliphatic rings. The van der Waals surface area contributed by atoms with Crippen molar-refractivity contribution in [1.29, 1.82) is 0 Å². The number of hydrogen-bond acceptors (Lipinski definition) is 5. The summed E-state index contributed by atoms with van der Waals surface area (Å²) in [6, 6.07) is 7.69. The number of nitrogens with zero attached hydrogens (tertiary/aromatic N) is 1. The van der Waals surface area contributed by atoms with Crippen LogP contribution in [0.1, 0.15) is 18.9 Å². The molecule has 2 heterocycles. The Hall–Kier alpha value is -1.99. The minimum absolute atomic E-state index is 0.0396. The van der Waals surface area contributed by atoms with E-state index in [1.54, 1.807) is 11.3 Å². The lowest BCUT2D eigenvalue weighted by molar-refractivity contribution is -0.122. The average molecular weight is 346 g/mol. The fourth-order valence-corrected chi connectivity index (χ4v) is 3.80. The lowest BCUT2D eigenvalue weighted by Gasteiger charge is -2.24. The van der Waals surface area contributed by atoms with Crippen LogP contribution in [0.2, 0.25) is 0 Å². The molecule has 3 N–H and O–H groups in total. The van der Waals surface area contributed by atoms with E-state index in [9.17, 15) is 9.59 Å². The molecule has 7 heteroatoms. The van der Waals surface area contributed by atoms with Gasteiger partial charge in [0.15, 0.2) is 0 Å². The zero-order valence-corrected chi connectivity index (χ0v) is 14.7. The maximum absolute atomic E-state index is 12.0. The molecular formula is C17H22N4O2S. The molecule has 0 saturated carbocycles. The number of carbonyl (C=O) groups is 2. The van der Waals surface area contributed by atoms with Crippen LogP contribution < -0.4 is 16.0 Å². The molecule has 1 aromatic heterocycles. The Bertz CT molecular complexity index is 723. The summed E-state index contributed by atoms with van der Waals surface area (Å²) in [6.07, 6.45) is 0.709. The van der Waals surface area contributed by atoms with Crippen LogP contribution in [0.15, 0.2) is 24.3 Å². The third-order valence-corrected chi connectivity index (χ3v) is 5.32. The Labute approximate surface area is 145 Å². The van der Waals surface area contributed by atoms with Crippen LogP contribution in [0, 0.1) is 5.41 Å². The van der Waals surface area contributed by atoms with E-state index in [-0.39, 0.29) is 29.8 Å². The van der Waals surface area contributed by atoms with E-state index < -0.39 is 0 Å². The Morgan fingerprint density at radius 2 is 2.21 bits per heavy atom.